The van der Waals surface area contributed by atoms with Crippen molar-refractivity contribution in [3.63, 3.8) is 0 Å². The average molecular weight is 290 g/mol. The van der Waals surface area contributed by atoms with Gasteiger partial charge in [-0.15, -0.1) is 5.10 Å². The number of aromatic nitrogens is 3. The van der Waals surface area contributed by atoms with E-state index in [2.05, 4.69) is 20.5 Å². The predicted molar refractivity (Wildman–Crippen MR) is 77.6 cm³/mol. The number of aryl methyl sites for hydroxylation is 2. The van der Waals surface area contributed by atoms with Crippen LogP contribution < -0.4 is 14.8 Å². The van der Waals surface area contributed by atoms with E-state index in [0.29, 0.717) is 12.4 Å². The molecule has 0 aliphatic rings. The molecule has 1 amide bonds. The molecule has 0 aliphatic carbocycles. The van der Waals surface area contributed by atoms with Gasteiger partial charge in [0.1, 0.15) is 5.75 Å². The third kappa shape index (κ3) is 4.20. The van der Waals surface area contributed by atoms with Gasteiger partial charge < -0.3 is 9.47 Å². The summed E-state index contributed by atoms with van der Waals surface area (Å²) in [6.07, 6.45) is 0. The summed E-state index contributed by atoms with van der Waals surface area (Å²) in [6.45, 7) is 6.08. The molecule has 2 rings (SSSR count). The largest absolute Gasteiger partial charge is 0.483 e. The van der Waals surface area contributed by atoms with Crippen molar-refractivity contribution in [3.8, 4) is 11.8 Å². The number of carbonyl (C=O) groups excluding carboxylic acids is 1. The van der Waals surface area contributed by atoms with Crippen molar-refractivity contribution >= 4 is 11.9 Å². The minimum atomic E-state index is -0.324. The maximum absolute atomic E-state index is 11.8. The molecule has 2 N–H and O–H groups in total. The van der Waals surface area contributed by atoms with Gasteiger partial charge in [-0.2, -0.15) is 4.98 Å². The smallest absolute Gasteiger partial charge is 0.337 e. The highest BCUT2D eigenvalue weighted by Gasteiger charge is 2.09. The van der Waals surface area contributed by atoms with Crippen LogP contribution in [0.5, 0.6) is 11.8 Å². The number of H-pyrrole nitrogens is 1. The number of ether oxygens (including phenoxy) is 2. The van der Waals surface area contributed by atoms with Gasteiger partial charge in [0, 0.05) is 0 Å². The van der Waals surface area contributed by atoms with Crippen molar-refractivity contribution in [2.24, 2.45) is 0 Å². The molecule has 0 aliphatic heterocycles. The summed E-state index contributed by atoms with van der Waals surface area (Å²) in [6, 6.07) is 6.03. The highest BCUT2D eigenvalue weighted by atomic mass is 16.5. The third-order valence-electron chi connectivity index (χ3n) is 2.70. The fourth-order valence-electron chi connectivity index (χ4n) is 1.67. The Morgan fingerprint density at radius 3 is 2.90 bits per heavy atom. The summed E-state index contributed by atoms with van der Waals surface area (Å²) in [5, 5.41) is 8.91. The monoisotopic (exact) mass is 290 g/mol. The van der Waals surface area contributed by atoms with Gasteiger partial charge in [-0.25, -0.2) is 5.10 Å². The molecule has 0 spiro atoms. The van der Waals surface area contributed by atoms with Crippen LogP contribution in [0.4, 0.5) is 5.95 Å². The lowest BCUT2D eigenvalue weighted by Gasteiger charge is -2.09. The minimum Gasteiger partial charge on any atom is -0.483 e. The van der Waals surface area contributed by atoms with Crippen molar-refractivity contribution in [1.82, 2.24) is 15.2 Å². The number of aromatic amines is 1. The molecule has 2 aromatic rings. The summed E-state index contributed by atoms with van der Waals surface area (Å²) in [4.78, 5) is 15.7. The van der Waals surface area contributed by atoms with Gasteiger partial charge >= 0.3 is 6.01 Å². The number of nitrogens with zero attached hydrogens (tertiary/aromatic N) is 2. The van der Waals surface area contributed by atoms with Crippen LogP contribution in [0.15, 0.2) is 18.2 Å². The first-order chi connectivity index (χ1) is 10.1. The molecule has 112 valence electrons. The normalized spacial score (nSPS) is 10.2. The van der Waals surface area contributed by atoms with Gasteiger partial charge in [0.15, 0.2) is 6.61 Å². The predicted octanol–water partition coefficient (Wildman–Crippen LogP) is 1.84. The summed E-state index contributed by atoms with van der Waals surface area (Å²) in [5.41, 5.74) is 2.05. The van der Waals surface area contributed by atoms with E-state index in [9.17, 15) is 4.79 Å². The van der Waals surface area contributed by atoms with Crippen molar-refractivity contribution in [3.05, 3.63) is 29.3 Å². The highest BCUT2D eigenvalue weighted by molar-refractivity contribution is 5.90. The Morgan fingerprint density at radius 2 is 2.14 bits per heavy atom. The van der Waals surface area contributed by atoms with E-state index in [-0.39, 0.29) is 24.5 Å². The van der Waals surface area contributed by atoms with E-state index < -0.39 is 0 Å². The molecule has 0 fully saturated rings. The van der Waals surface area contributed by atoms with Crippen molar-refractivity contribution in [2.45, 2.75) is 20.8 Å². The molecular formula is C14H18N4O3. The van der Waals surface area contributed by atoms with Crippen LogP contribution in [-0.2, 0) is 4.79 Å². The number of anilines is 1. The molecule has 1 aromatic carbocycles. The second-order valence-corrected chi connectivity index (χ2v) is 4.51. The summed E-state index contributed by atoms with van der Waals surface area (Å²) in [7, 11) is 0. The van der Waals surface area contributed by atoms with Gasteiger partial charge in [-0.05, 0) is 38.0 Å². The van der Waals surface area contributed by atoms with Crippen LogP contribution in [0.25, 0.3) is 0 Å². The minimum absolute atomic E-state index is 0.102. The maximum Gasteiger partial charge on any atom is 0.337 e. The molecule has 0 saturated heterocycles. The van der Waals surface area contributed by atoms with E-state index in [1.807, 2.05) is 39.0 Å². The summed E-state index contributed by atoms with van der Waals surface area (Å²) in [5.74, 6) is 0.598. The molecule has 0 saturated carbocycles. The number of hydrogen-bond donors (Lipinski definition) is 2. The zero-order valence-electron chi connectivity index (χ0n) is 12.3. The van der Waals surface area contributed by atoms with Gasteiger partial charge in [0.05, 0.1) is 6.61 Å². The zero-order valence-corrected chi connectivity index (χ0v) is 12.3. The molecule has 7 heteroatoms. The van der Waals surface area contributed by atoms with E-state index in [4.69, 9.17) is 9.47 Å². The lowest BCUT2D eigenvalue weighted by Crippen LogP contribution is -2.21. The quantitative estimate of drug-likeness (QED) is 0.847. The number of rotatable bonds is 6. The Hall–Kier alpha value is -2.57. The first-order valence-corrected chi connectivity index (χ1v) is 6.63. The second-order valence-electron chi connectivity index (χ2n) is 4.51. The van der Waals surface area contributed by atoms with Gasteiger partial charge in [0.2, 0.25) is 5.95 Å². The number of hydrogen-bond acceptors (Lipinski definition) is 5. The Balaban J connectivity index is 1.88. The average Bonchev–Trinajstić information content (AvgIpc) is 2.87. The first-order valence-electron chi connectivity index (χ1n) is 6.63. The van der Waals surface area contributed by atoms with E-state index in [0.717, 1.165) is 11.1 Å². The van der Waals surface area contributed by atoms with Gasteiger partial charge in [-0.3, -0.25) is 10.1 Å². The SMILES string of the molecule is CCOc1n[nH]c(NC(=O)COc2cc(C)ccc2C)n1. The van der Waals surface area contributed by atoms with Gasteiger partial charge in [0.25, 0.3) is 5.91 Å². The Kier molecular flexibility index (Phi) is 4.76. The molecule has 0 radical (unpaired) electrons. The lowest BCUT2D eigenvalue weighted by molar-refractivity contribution is -0.118. The maximum atomic E-state index is 11.8. The second kappa shape index (κ2) is 6.74. The van der Waals surface area contributed by atoms with Crippen LogP contribution in [0.3, 0.4) is 0 Å². The zero-order chi connectivity index (χ0) is 15.2. The number of benzene rings is 1. The van der Waals surface area contributed by atoms with Crippen LogP contribution in [0.2, 0.25) is 0 Å². The van der Waals surface area contributed by atoms with Crippen LogP contribution in [-0.4, -0.2) is 34.3 Å². The number of nitrogens with one attached hydrogen (secondary N) is 2. The number of amides is 1. The fourth-order valence-corrected chi connectivity index (χ4v) is 1.67. The van der Waals surface area contributed by atoms with Crippen molar-refractivity contribution in [2.75, 3.05) is 18.5 Å². The molecule has 21 heavy (non-hydrogen) atoms. The summed E-state index contributed by atoms with van der Waals surface area (Å²) < 4.78 is 10.6. The fraction of sp³-hybridized carbons (Fsp3) is 0.357. The standard InChI is InChI=1S/C14H18N4O3/c1-4-20-14-16-13(17-18-14)15-12(19)8-21-11-7-9(2)5-6-10(11)3/h5-7H,4,8H2,1-3H3,(H2,15,16,17,18,19). The molecule has 0 atom stereocenters. The first kappa shape index (κ1) is 14.8. The molecule has 7 nitrogen and oxygen atoms in total. The van der Waals surface area contributed by atoms with Crippen LogP contribution in [0.1, 0.15) is 18.1 Å². The molecule has 1 heterocycles. The van der Waals surface area contributed by atoms with Crippen LogP contribution in [0, 0.1) is 13.8 Å². The van der Waals surface area contributed by atoms with E-state index in [1.165, 1.54) is 0 Å². The summed E-state index contributed by atoms with van der Waals surface area (Å²) >= 11 is 0. The topological polar surface area (TPSA) is 89.1 Å². The highest BCUT2D eigenvalue weighted by Crippen LogP contribution is 2.18. The molecule has 0 bridgehead atoms. The van der Waals surface area contributed by atoms with Crippen molar-refractivity contribution in [1.29, 1.82) is 0 Å². The molecule has 1 aromatic heterocycles. The van der Waals surface area contributed by atoms with E-state index in [1.54, 1.807) is 0 Å². The van der Waals surface area contributed by atoms with Gasteiger partial charge in [-0.1, -0.05) is 12.1 Å². The Morgan fingerprint density at radius 1 is 1.33 bits per heavy atom. The van der Waals surface area contributed by atoms with E-state index >= 15 is 0 Å². The Labute approximate surface area is 122 Å². The van der Waals surface area contributed by atoms with Crippen molar-refractivity contribution < 1.29 is 14.3 Å². The Bertz CT molecular complexity index is 624. The molecular weight excluding hydrogens is 272 g/mol. The third-order valence-corrected chi connectivity index (χ3v) is 2.70. The number of carbonyl (C=O) groups is 1. The van der Waals surface area contributed by atoms with Crippen LogP contribution >= 0.6 is 0 Å². The lowest BCUT2D eigenvalue weighted by atomic mass is 10.1. The molecule has 0 unspecified atom stereocenters.